The Labute approximate surface area is 84.0 Å². The van der Waals surface area contributed by atoms with Crippen LogP contribution in [0.25, 0.3) is 0 Å². The van der Waals surface area contributed by atoms with Gasteiger partial charge in [-0.15, -0.1) is 18.3 Å². The molecule has 0 aliphatic carbocycles. The van der Waals surface area contributed by atoms with Gasteiger partial charge in [0, 0.05) is 16.7 Å². The van der Waals surface area contributed by atoms with E-state index in [4.69, 9.17) is 5.73 Å². The second kappa shape index (κ2) is 5.10. The molecule has 0 saturated heterocycles. The van der Waals surface area contributed by atoms with Crippen LogP contribution in [0.4, 0.5) is 0 Å². The molecule has 1 rings (SSSR count). The predicted octanol–water partition coefficient (Wildman–Crippen LogP) is 2.98. The van der Waals surface area contributed by atoms with Crippen LogP contribution in [0.2, 0.25) is 0 Å². The minimum absolute atomic E-state index is 0.124. The zero-order valence-electron chi connectivity index (χ0n) is 7.86. The molecule has 0 fully saturated rings. The number of rotatable bonds is 4. The Morgan fingerprint density at radius 3 is 2.54 bits per heavy atom. The lowest BCUT2D eigenvalue weighted by Crippen LogP contribution is -2.04. The van der Waals surface area contributed by atoms with Crippen molar-refractivity contribution in [3.63, 3.8) is 0 Å². The number of nitrogens with two attached hydrogens (primary N) is 1. The van der Waals surface area contributed by atoms with Gasteiger partial charge in [0.2, 0.25) is 0 Å². The first kappa shape index (κ1) is 10.4. The zero-order valence-corrected chi connectivity index (χ0v) is 8.68. The van der Waals surface area contributed by atoms with Crippen LogP contribution in [-0.2, 0) is 0 Å². The van der Waals surface area contributed by atoms with Crippen LogP contribution in [0.3, 0.4) is 0 Å². The lowest BCUT2D eigenvalue weighted by Gasteiger charge is -2.05. The maximum atomic E-state index is 5.74. The molecule has 1 aromatic rings. The Bertz CT molecular complexity index is 264. The average molecular weight is 193 g/mol. The quantitative estimate of drug-likeness (QED) is 0.587. The minimum atomic E-state index is 0.124. The fraction of sp³-hybridized carbons (Fsp3) is 0.273. The number of hydrogen-bond donors (Lipinski definition) is 1. The van der Waals surface area contributed by atoms with Gasteiger partial charge in [-0.2, -0.15) is 0 Å². The highest BCUT2D eigenvalue weighted by molar-refractivity contribution is 7.99. The van der Waals surface area contributed by atoms with Crippen LogP contribution >= 0.6 is 11.8 Å². The van der Waals surface area contributed by atoms with Crippen molar-refractivity contribution in [2.75, 3.05) is 5.75 Å². The lowest BCUT2D eigenvalue weighted by molar-refractivity contribution is 0.817. The first-order valence-electron chi connectivity index (χ1n) is 4.33. The van der Waals surface area contributed by atoms with Gasteiger partial charge in [0.25, 0.3) is 0 Å². The van der Waals surface area contributed by atoms with E-state index in [1.54, 1.807) is 11.8 Å². The van der Waals surface area contributed by atoms with Crippen LogP contribution in [0.15, 0.2) is 41.8 Å². The average Bonchev–Trinajstić information content (AvgIpc) is 2.15. The monoisotopic (exact) mass is 193 g/mol. The summed E-state index contributed by atoms with van der Waals surface area (Å²) in [5, 5.41) is 0. The Morgan fingerprint density at radius 1 is 1.46 bits per heavy atom. The minimum Gasteiger partial charge on any atom is -0.324 e. The molecule has 70 valence electrons. The highest BCUT2D eigenvalue weighted by Gasteiger charge is 1.98. The Balaban J connectivity index is 2.64. The molecule has 1 atom stereocenters. The van der Waals surface area contributed by atoms with Crippen LogP contribution in [-0.4, -0.2) is 5.75 Å². The Morgan fingerprint density at radius 2 is 2.08 bits per heavy atom. The Kier molecular flexibility index (Phi) is 4.06. The van der Waals surface area contributed by atoms with Crippen LogP contribution in [0.1, 0.15) is 18.5 Å². The molecule has 0 aliphatic heterocycles. The smallest absolute Gasteiger partial charge is 0.0266 e. The van der Waals surface area contributed by atoms with Crippen molar-refractivity contribution in [2.24, 2.45) is 5.73 Å². The third-order valence-corrected chi connectivity index (χ3v) is 2.78. The van der Waals surface area contributed by atoms with Gasteiger partial charge in [0.1, 0.15) is 0 Å². The molecule has 0 aromatic heterocycles. The van der Waals surface area contributed by atoms with E-state index in [0.717, 1.165) is 5.75 Å². The van der Waals surface area contributed by atoms with Gasteiger partial charge in [-0.05, 0) is 24.6 Å². The molecule has 1 nitrogen and oxygen atoms in total. The summed E-state index contributed by atoms with van der Waals surface area (Å²) in [4.78, 5) is 1.27. The van der Waals surface area contributed by atoms with Gasteiger partial charge in [-0.25, -0.2) is 0 Å². The van der Waals surface area contributed by atoms with Gasteiger partial charge in [0.05, 0.1) is 0 Å². The summed E-state index contributed by atoms with van der Waals surface area (Å²) < 4.78 is 0. The summed E-state index contributed by atoms with van der Waals surface area (Å²) >= 11 is 1.78. The first-order valence-corrected chi connectivity index (χ1v) is 5.32. The van der Waals surface area contributed by atoms with Gasteiger partial charge in [-0.1, -0.05) is 18.2 Å². The molecule has 1 aromatic carbocycles. The van der Waals surface area contributed by atoms with E-state index in [1.165, 1.54) is 10.5 Å². The molecule has 0 bridgehead atoms. The van der Waals surface area contributed by atoms with Crippen molar-refractivity contribution in [3.8, 4) is 0 Å². The largest absolute Gasteiger partial charge is 0.324 e. The van der Waals surface area contributed by atoms with Crippen molar-refractivity contribution in [1.82, 2.24) is 0 Å². The number of thioether (sulfide) groups is 1. The van der Waals surface area contributed by atoms with Crippen molar-refractivity contribution in [2.45, 2.75) is 17.9 Å². The fourth-order valence-electron chi connectivity index (χ4n) is 1.02. The summed E-state index contributed by atoms with van der Waals surface area (Å²) in [7, 11) is 0. The molecule has 1 unspecified atom stereocenters. The highest BCUT2D eigenvalue weighted by atomic mass is 32.2. The summed E-state index contributed by atoms with van der Waals surface area (Å²) in [6.45, 7) is 5.67. The van der Waals surface area contributed by atoms with Crippen molar-refractivity contribution in [1.29, 1.82) is 0 Å². The molecule has 2 N–H and O–H groups in total. The maximum absolute atomic E-state index is 5.74. The fourth-order valence-corrected chi connectivity index (χ4v) is 1.66. The molecule has 0 radical (unpaired) electrons. The van der Waals surface area contributed by atoms with Gasteiger partial charge in [0.15, 0.2) is 0 Å². The molecule has 0 amide bonds. The standard InChI is InChI=1S/C11H15NS/c1-3-8-13-11-6-4-10(5-7-11)9(2)12/h3-7,9H,1,8,12H2,2H3. The van der Waals surface area contributed by atoms with E-state index in [1.807, 2.05) is 13.0 Å². The molecule has 0 spiro atoms. The van der Waals surface area contributed by atoms with Gasteiger partial charge >= 0.3 is 0 Å². The summed E-state index contributed by atoms with van der Waals surface area (Å²) in [6, 6.07) is 8.49. The molecular weight excluding hydrogens is 178 g/mol. The lowest BCUT2D eigenvalue weighted by atomic mass is 10.1. The van der Waals surface area contributed by atoms with Crippen molar-refractivity contribution >= 4 is 11.8 Å². The third kappa shape index (κ3) is 3.25. The van der Waals surface area contributed by atoms with Crippen LogP contribution in [0.5, 0.6) is 0 Å². The van der Waals surface area contributed by atoms with E-state index in [-0.39, 0.29) is 6.04 Å². The molecular formula is C11H15NS. The maximum Gasteiger partial charge on any atom is 0.0266 e. The summed E-state index contributed by atoms with van der Waals surface area (Å²) in [6.07, 6.45) is 1.91. The van der Waals surface area contributed by atoms with Crippen LogP contribution < -0.4 is 5.73 Å². The van der Waals surface area contributed by atoms with Crippen molar-refractivity contribution in [3.05, 3.63) is 42.5 Å². The molecule has 2 heteroatoms. The van der Waals surface area contributed by atoms with E-state index in [2.05, 4.69) is 30.8 Å². The molecule has 0 saturated carbocycles. The normalized spacial score (nSPS) is 12.5. The number of benzene rings is 1. The second-order valence-electron chi connectivity index (χ2n) is 2.96. The molecule has 0 heterocycles. The predicted molar refractivity (Wildman–Crippen MR) is 60.0 cm³/mol. The van der Waals surface area contributed by atoms with Gasteiger partial charge < -0.3 is 5.73 Å². The van der Waals surface area contributed by atoms with Gasteiger partial charge in [-0.3, -0.25) is 0 Å². The third-order valence-electron chi connectivity index (χ3n) is 1.77. The first-order chi connectivity index (χ1) is 6.24. The Hall–Kier alpha value is -0.730. The van der Waals surface area contributed by atoms with Crippen LogP contribution in [0, 0.1) is 0 Å². The SMILES string of the molecule is C=CCSc1ccc(C(C)N)cc1. The topological polar surface area (TPSA) is 26.0 Å². The number of hydrogen-bond acceptors (Lipinski definition) is 2. The highest BCUT2D eigenvalue weighted by Crippen LogP contribution is 2.19. The van der Waals surface area contributed by atoms with Crippen molar-refractivity contribution < 1.29 is 0 Å². The van der Waals surface area contributed by atoms with E-state index in [0.29, 0.717) is 0 Å². The second-order valence-corrected chi connectivity index (χ2v) is 4.05. The molecule has 0 aliphatic rings. The summed E-state index contributed by atoms with van der Waals surface area (Å²) in [5.74, 6) is 0.956. The van der Waals surface area contributed by atoms with E-state index < -0.39 is 0 Å². The molecule has 13 heavy (non-hydrogen) atoms. The van der Waals surface area contributed by atoms with E-state index in [9.17, 15) is 0 Å². The van der Waals surface area contributed by atoms with E-state index >= 15 is 0 Å². The summed E-state index contributed by atoms with van der Waals surface area (Å²) in [5.41, 5.74) is 6.92. The zero-order chi connectivity index (χ0) is 9.68.